The van der Waals surface area contributed by atoms with Gasteiger partial charge in [-0.25, -0.2) is 9.78 Å². The van der Waals surface area contributed by atoms with Gasteiger partial charge in [0.15, 0.2) is 0 Å². The van der Waals surface area contributed by atoms with Crippen molar-refractivity contribution in [3.05, 3.63) is 75.5 Å². The number of rotatable bonds is 3. The van der Waals surface area contributed by atoms with Crippen molar-refractivity contribution < 1.29 is 0 Å². The summed E-state index contributed by atoms with van der Waals surface area (Å²) in [5, 5.41) is 2.05. The van der Waals surface area contributed by atoms with Gasteiger partial charge in [-0.3, -0.25) is 9.13 Å². The smallest absolute Gasteiger partial charge is 0.328 e. The van der Waals surface area contributed by atoms with Gasteiger partial charge >= 0.3 is 5.69 Å². The Balaban J connectivity index is 1.76. The number of imidazole rings is 2. The molecule has 0 amide bonds. The number of nitrogens with one attached hydrogen (secondary N) is 1. The molecular weight excluding hydrogens is 392 g/mol. The Morgan fingerprint density at radius 1 is 0.900 bits per heavy atom. The first-order valence-corrected chi connectivity index (χ1v) is 10.7. The molecule has 0 aliphatic heterocycles. The minimum Gasteiger partial charge on any atom is -0.337 e. The second kappa shape index (κ2) is 6.85. The molecule has 2 aromatic carbocycles. The summed E-state index contributed by atoms with van der Waals surface area (Å²) in [5.41, 5.74) is 8.24. The van der Waals surface area contributed by atoms with Gasteiger partial charge in [0.1, 0.15) is 5.82 Å². The maximum atomic E-state index is 12.4. The van der Waals surface area contributed by atoms with E-state index in [0.29, 0.717) is 0 Å². The standard InChI is InChI=1S/C24H22N4OS/c1-14-7-8-16(12-15(14)2)21-22(26-23(25-21)20-6-5-11-30-20)17-9-10-18-19(13-17)28(4)24(29)27(18)3/h5-13H,1-4H3,(H,25,26). The monoisotopic (exact) mass is 414 g/mol. The number of hydrogen-bond acceptors (Lipinski definition) is 3. The molecule has 5 nitrogen and oxygen atoms in total. The lowest BCUT2D eigenvalue weighted by Crippen LogP contribution is -2.19. The van der Waals surface area contributed by atoms with Crippen LogP contribution in [0.3, 0.4) is 0 Å². The predicted molar refractivity (Wildman–Crippen MR) is 124 cm³/mol. The van der Waals surface area contributed by atoms with Crippen LogP contribution in [0.2, 0.25) is 0 Å². The van der Waals surface area contributed by atoms with Crippen LogP contribution in [-0.2, 0) is 14.1 Å². The van der Waals surface area contributed by atoms with Crippen LogP contribution in [0, 0.1) is 13.8 Å². The zero-order valence-electron chi connectivity index (χ0n) is 17.4. The van der Waals surface area contributed by atoms with Crippen molar-refractivity contribution in [3.8, 4) is 33.2 Å². The molecular formula is C24H22N4OS. The fourth-order valence-corrected chi connectivity index (χ4v) is 4.54. The van der Waals surface area contributed by atoms with Crippen LogP contribution >= 0.6 is 11.3 Å². The van der Waals surface area contributed by atoms with Gasteiger partial charge in [-0.15, -0.1) is 11.3 Å². The van der Waals surface area contributed by atoms with Crippen LogP contribution in [0.15, 0.2) is 58.7 Å². The first-order valence-electron chi connectivity index (χ1n) is 9.81. The van der Waals surface area contributed by atoms with Gasteiger partial charge in [0.25, 0.3) is 0 Å². The second-order valence-electron chi connectivity index (χ2n) is 7.69. The van der Waals surface area contributed by atoms with Crippen molar-refractivity contribution >= 4 is 22.4 Å². The van der Waals surface area contributed by atoms with Crippen molar-refractivity contribution in [2.45, 2.75) is 13.8 Å². The molecule has 5 aromatic rings. The van der Waals surface area contributed by atoms with Gasteiger partial charge in [-0.05, 0) is 54.6 Å². The van der Waals surface area contributed by atoms with E-state index in [4.69, 9.17) is 4.98 Å². The number of fused-ring (bicyclic) bond motifs is 1. The van der Waals surface area contributed by atoms with E-state index in [9.17, 15) is 4.79 Å². The highest BCUT2D eigenvalue weighted by molar-refractivity contribution is 7.13. The second-order valence-corrected chi connectivity index (χ2v) is 8.64. The lowest BCUT2D eigenvalue weighted by Gasteiger charge is -2.07. The van der Waals surface area contributed by atoms with Crippen LogP contribution in [0.25, 0.3) is 44.2 Å². The molecule has 0 saturated heterocycles. The fraction of sp³-hybridized carbons (Fsp3) is 0.167. The zero-order chi connectivity index (χ0) is 21.0. The van der Waals surface area contributed by atoms with Crippen LogP contribution in [0.5, 0.6) is 0 Å². The number of hydrogen-bond donors (Lipinski definition) is 1. The molecule has 5 rings (SSSR count). The van der Waals surface area contributed by atoms with Gasteiger partial charge in [0.05, 0.1) is 27.3 Å². The van der Waals surface area contributed by atoms with E-state index in [1.54, 1.807) is 27.5 Å². The molecule has 0 bridgehead atoms. The highest BCUT2D eigenvalue weighted by Crippen LogP contribution is 2.35. The molecule has 0 saturated carbocycles. The van der Waals surface area contributed by atoms with Gasteiger partial charge in [0.2, 0.25) is 0 Å². The number of aryl methyl sites for hydroxylation is 4. The average Bonchev–Trinajstić information content (AvgIpc) is 3.47. The summed E-state index contributed by atoms with van der Waals surface area (Å²) < 4.78 is 3.36. The van der Waals surface area contributed by atoms with E-state index < -0.39 is 0 Å². The SMILES string of the molecule is Cc1ccc(-c2nc(-c3cccs3)[nH]c2-c2ccc3c(c2)n(C)c(=O)n3C)cc1C. The maximum absolute atomic E-state index is 12.4. The Hall–Kier alpha value is -3.38. The van der Waals surface area contributed by atoms with E-state index in [1.807, 2.05) is 19.2 Å². The number of thiophene rings is 1. The van der Waals surface area contributed by atoms with E-state index in [1.165, 1.54) is 11.1 Å². The normalized spacial score (nSPS) is 11.5. The number of H-pyrrole nitrogens is 1. The number of aromatic nitrogens is 4. The molecule has 6 heteroatoms. The number of nitrogens with zero attached hydrogens (tertiary/aromatic N) is 3. The molecule has 0 fully saturated rings. The largest absolute Gasteiger partial charge is 0.337 e. The molecule has 150 valence electrons. The molecule has 3 heterocycles. The lowest BCUT2D eigenvalue weighted by molar-refractivity contribution is 0.795. The maximum Gasteiger partial charge on any atom is 0.328 e. The topological polar surface area (TPSA) is 55.6 Å². The molecule has 30 heavy (non-hydrogen) atoms. The van der Waals surface area contributed by atoms with E-state index in [-0.39, 0.29) is 5.69 Å². The summed E-state index contributed by atoms with van der Waals surface area (Å²) in [6, 6.07) is 16.7. The molecule has 0 radical (unpaired) electrons. The van der Waals surface area contributed by atoms with Crippen LogP contribution in [-0.4, -0.2) is 19.1 Å². The van der Waals surface area contributed by atoms with Crippen LogP contribution in [0.1, 0.15) is 11.1 Å². The molecule has 0 aliphatic rings. The Morgan fingerprint density at radius 2 is 1.67 bits per heavy atom. The van der Waals surface area contributed by atoms with Crippen molar-refractivity contribution in [1.29, 1.82) is 0 Å². The van der Waals surface area contributed by atoms with E-state index >= 15 is 0 Å². The highest BCUT2D eigenvalue weighted by atomic mass is 32.1. The third-order valence-corrected chi connectivity index (χ3v) is 6.68. The number of aromatic amines is 1. The first-order chi connectivity index (χ1) is 14.4. The molecule has 0 aliphatic carbocycles. The quantitative estimate of drug-likeness (QED) is 0.437. The Labute approximate surface area is 178 Å². The van der Waals surface area contributed by atoms with Crippen molar-refractivity contribution in [2.24, 2.45) is 14.1 Å². The minimum atomic E-state index is -0.0274. The molecule has 1 N–H and O–H groups in total. The van der Waals surface area contributed by atoms with Gasteiger partial charge < -0.3 is 4.98 Å². The van der Waals surface area contributed by atoms with Gasteiger partial charge in [-0.1, -0.05) is 24.3 Å². The molecule has 0 atom stereocenters. The van der Waals surface area contributed by atoms with Gasteiger partial charge in [0, 0.05) is 25.2 Å². The predicted octanol–water partition coefficient (Wildman–Crippen LogP) is 5.28. The Kier molecular flexibility index (Phi) is 4.25. The van der Waals surface area contributed by atoms with Crippen molar-refractivity contribution in [2.75, 3.05) is 0 Å². The van der Waals surface area contributed by atoms with Crippen molar-refractivity contribution in [1.82, 2.24) is 19.1 Å². The minimum absolute atomic E-state index is 0.0274. The fourth-order valence-electron chi connectivity index (χ4n) is 3.87. The zero-order valence-corrected chi connectivity index (χ0v) is 18.2. The molecule has 0 spiro atoms. The number of benzene rings is 2. The summed E-state index contributed by atoms with van der Waals surface area (Å²) in [4.78, 5) is 22.0. The van der Waals surface area contributed by atoms with Crippen molar-refractivity contribution in [3.63, 3.8) is 0 Å². The lowest BCUT2D eigenvalue weighted by atomic mass is 10.0. The van der Waals surface area contributed by atoms with Crippen LogP contribution in [0.4, 0.5) is 0 Å². The third kappa shape index (κ3) is 2.83. The molecule has 0 unspecified atom stereocenters. The van der Waals surface area contributed by atoms with E-state index in [2.05, 4.69) is 60.6 Å². The summed E-state index contributed by atoms with van der Waals surface area (Å²) >= 11 is 1.66. The summed E-state index contributed by atoms with van der Waals surface area (Å²) in [5.74, 6) is 0.857. The van der Waals surface area contributed by atoms with Gasteiger partial charge in [-0.2, -0.15) is 0 Å². The van der Waals surface area contributed by atoms with E-state index in [0.717, 1.165) is 44.2 Å². The third-order valence-electron chi connectivity index (χ3n) is 5.80. The Bertz CT molecular complexity index is 1450. The first kappa shape index (κ1) is 18.6. The van der Waals surface area contributed by atoms with Crippen LogP contribution < -0.4 is 5.69 Å². The Morgan fingerprint density at radius 3 is 2.40 bits per heavy atom. The summed E-state index contributed by atoms with van der Waals surface area (Å²) in [6.07, 6.45) is 0. The average molecular weight is 415 g/mol. The molecule has 3 aromatic heterocycles. The summed E-state index contributed by atoms with van der Waals surface area (Å²) in [7, 11) is 3.61. The summed E-state index contributed by atoms with van der Waals surface area (Å²) in [6.45, 7) is 4.24. The highest BCUT2D eigenvalue weighted by Gasteiger charge is 2.18.